The number of amides is 1. The van der Waals surface area contributed by atoms with Gasteiger partial charge in [0, 0.05) is 39.0 Å². The van der Waals surface area contributed by atoms with Crippen molar-refractivity contribution in [2.24, 2.45) is 5.41 Å². The number of benzene rings is 1. The molecule has 0 saturated carbocycles. The molecular formula is C29H26N6O2. The van der Waals surface area contributed by atoms with Crippen LogP contribution in [0.25, 0.3) is 55.6 Å². The van der Waals surface area contributed by atoms with E-state index < -0.39 is 5.41 Å². The third-order valence-corrected chi connectivity index (χ3v) is 6.51. The first-order chi connectivity index (χ1) is 17.8. The Morgan fingerprint density at radius 3 is 2.65 bits per heavy atom. The van der Waals surface area contributed by atoms with Crippen LogP contribution in [0.15, 0.2) is 71.9 Å². The van der Waals surface area contributed by atoms with E-state index >= 15 is 0 Å². The summed E-state index contributed by atoms with van der Waals surface area (Å²) in [6.45, 7) is 7.71. The number of furan rings is 1. The molecule has 3 N–H and O–H groups in total. The van der Waals surface area contributed by atoms with Crippen LogP contribution in [0.2, 0.25) is 0 Å². The van der Waals surface area contributed by atoms with Crippen LogP contribution in [0.4, 0.5) is 5.69 Å². The number of hydrogen-bond donors (Lipinski definition) is 3. The van der Waals surface area contributed by atoms with E-state index in [-0.39, 0.29) is 5.91 Å². The number of pyridine rings is 2. The number of anilines is 1. The first kappa shape index (κ1) is 22.7. The lowest BCUT2D eigenvalue weighted by Crippen LogP contribution is -2.27. The van der Waals surface area contributed by atoms with Gasteiger partial charge in [-0.05, 0) is 42.3 Å². The van der Waals surface area contributed by atoms with Crippen molar-refractivity contribution in [2.45, 2.75) is 27.7 Å². The van der Waals surface area contributed by atoms with Crippen molar-refractivity contribution in [3.63, 3.8) is 0 Å². The maximum absolute atomic E-state index is 12.4. The number of rotatable bonds is 4. The SMILES string of the molecule is Cc1ccc(-c2ccoc2)c2cc(-c3n[nH]c4cnc(-c5cncc(NC(=O)C(C)(C)C)c5)cc34)[nH]c12. The fourth-order valence-corrected chi connectivity index (χ4v) is 4.40. The van der Waals surface area contributed by atoms with Crippen LogP contribution < -0.4 is 5.32 Å². The molecule has 0 radical (unpaired) electrons. The summed E-state index contributed by atoms with van der Waals surface area (Å²) in [6.07, 6.45) is 8.59. The Morgan fingerprint density at radius 1 is 1.00 bits per heavy atom. The average molecular weight is 491 g/mol. The molecule has 37 heavy (non-hydrogen) atoms. The van der Waals surface area contributed by atoms with Gasteiger partial charge in [0.05, 0.1) is 47.5 Å². The lowest BCUT2D eigenvalue weighted by molar-refractivity contribution is -0.123. The standard InChI is InChI=1S/C29H26N6O2/c1-16-5-6-20(17-7-8-37-15-17)21-10-24(33-26(16)21)27-22-11-23(31-14-25(22)34-35-27)18-9-19(13-30-12-18)32-28(36)29(2,3)4/h5-15,33H,1-4H3,(H,32,36)(H,34,35). The summed E-state index contributed by atoms with van der Waals surface area (Å²) in [6, 6.07) is 12.2. The topological polar surface area (TPSA) is 112 Å². The van der Waals surface area contributed by atoms with Crippen molar-refractivity contribution in [2.75, 3.05) is 5.32 Å². The predicted octanol–water partition coefficient (Wildman–Crippen LogP) is 6.72. The van der Waals surface area contributed by atoms with Gasteiger partial charge in [-0.2, -0.15) is 5.10 Å². The third-order valence-electron chi connectivity index (χ3n) is 6.51. The lowest BCUT2D eigenvalue weighted by atomic mass is 9.95. The monoisotopic (exact) mass is 490 g/mol. The fraction of sp³-hybridized carbons (Fsp3) is 0.172. The molecule has 5 heterocycles. The van der Waals surface area contributed by atoms with Gasteiger partial charge in [0.2, 0.25) is 5.91 Å². The Kier molecular flexibility index (Phi) is 5.19. The van der Waals surface area contributed by atoms with E-state index in [9.17, 15) is 4.79 Å². The van der Waals surface area contributed by atoms with Crippen LogP contribution >= 0.6 is 0 Å². The highest BCUT2D eigenvalue weighted by molar-refractivity contribution is 6.02. The van der Waals surface area contributed by atoms with Crippen LogP contribution in [0, 0.1) is 12.3 Å². The molecule has 0 unspecified atom stereocenters. The molecule has 0 fully saturated rings. The first-order valence-electron chi connectivity index (χ1n) is 12.0. The van der Waals surface area contributed by atoms with Crippen molar-refractivity contribution in [3.05, 3.63) is 73.1 Å². The molecule has 184 valence electrons. The Morgan fingerprint density at radius 2 is 1.86 bits per heavy atom. The largest absolute Gasteiger partial charge is 0.472 e. The van der Waals surface area contributed by atoms with Crippen molar-refractivity contribution in [1.82, 2.24) is 25.1 Å². The molecule has 8 heteroatoms. The van der Waals surface area contributed by atoms with Crippen LogP contribution in [0.1, 0.15) is 26.3 Å². The zero-order valence-corrected chi connectivity index (χ0v) is 21.0. The van der Waals surface area contributed by atoms with E-state index in [0.717, 1.165) is 61.1 Å². The molecule has 6 rings (SSSR count). The zero-order chi connectivity index (χ0) is 25.7. The van der Waals surface area contributed by atoms with Gasteiger partial charge in [-0.1, -0.05) is 32.9 Å². The minimum Gasteiger partial charge on any atom is -0.472 e. The van der Waals surface area contributed by atoms with Crippen molar-refractivity contribution in [1.29, 1.82) is 0 Å². The highest BCUT2D eigenvalue weighted by atomic mass is 16.3. The average Bonchev–Trinajstić information content (AvgIpc) is 3.63. The maximum Gasteiger partial charge on any atom is 0.229 e. The Balaban J connectivity index is 1.42. The van der Waals surface area contributed by atoms with Crippen molar-refractivity contribution < 1.29 is 9.21 Å². The first-order valence-corrected chi connectivity index (χ1v) is 12.0. The van der Waals surface area contributed by atoms with Gasteiger partial charge in [0.1, 0.15) is 5.69 Å². The molecule has 0 aliphatic carbocycles. The van der Waals surface area contributed by atoms with Gasteiger partial charge in [-0.3, -0.25) is 19.9 Å². The van der Waals surface area contributed by atoms with Crippen molar-refractivity contribution in [3.8, 4) is 33.8 Å². The molecule has 1 aromatic carbocycles. The molecule has 8 nitrogen and oxygen atoms in total. The number of hydrogen-bond acceptors (Lipinski definition) is 5. The maximum atomic E-state index is 12.4. The number of aromatic amines is 2. The summed E-state index contributed by atoms with van der Waals surface area (Å²) in [4.78, 5) is 25.0. The lowest BCUT2D eigenvalue weighted by Gasteiger charge is -2.17. The van der Waals surface area contributed by atoms with Crippen LogP contribution in [0.5, 0.6) is 0 Å². The second kappa shape index (κ2) is 8.44. The molecule has 0 bridgehead atoms. The second-order valence-corrected chi connectivity index (χ2v) is 10.3. The Hall–Kier alpha value is -4.72. The molecule has 6 aromatic rings. The zero-order valence-electron chi connectivity index (χ0n) is 21.0. The number of aryl methyl sites for hydroxylation is 1. The van der Waals surface area contributed by atoms with E-state index in [2.05, 4.69) is 55.6 Å². The van der Waals surface area contributed by atoms with E-state index in [0.29, 0.717) is 5.69 Å². The van der Waals surface area contributed by atoms with Crippen LogP contribution in [-0.4, -0.2) is 31.1 Å². The summed E-state index contributed by atoms with van der Waals surface area (Å²) in [5.41, 5.74) is 8.53. The number of carbonyl (C=O) groups is 1. The number of aromatic nitrogens is 5. The minimum absolute atomic E-state index is 0.0733. The number of nitrogens with one attached hydrogen (secondary N) is 3. The van der Waals surface area contributed by atoms with E-state index in [1.165, 1.54) is 0 Å². The molecule has 0 aliphatic rings. The van der Waals surface area contributed by atoms with E-state index in [4.69, 9.17) is 4.42 Å². The highest BCUT2D eigenvalue weighted by Crippen LogP contribution is 2.36. The normalized spacial score (nSPS) is 11.9. The summed E-state index contributed by atoms with van der Waals surface area (Å²) >= 11 is 0. The number of H-pyrrole nitrogens is 2. The molecule has 5 aromatic heterocycles. The molecule has 0 atom stereocenters. The molecule has 0 aliphatic heterocycles. The van der Waals surface area contributed by atoms with Gasteiger partial charge < -0.3 is 14.7 Å². The van der Waals surface area contributed by atoms with Gasteiger partial charge in [0.25, 0.3) is 0 Å². The van der Waals surface area contributed by atoms with Crippen LogP contribution in [0.3, 0.4) is 0 Å². The predicted molar refractivity (Wildman–Crippen MR) is 145 cm³/mol. The quantitative estimate of drug-likeness (QED) is 0.254. The molecule has 0 saturated heterocycles. The Labute approximate surface area is 213 Å². The number of nitrogens with zero attached hydrogens (tertiary/aromatic N) is 3. The molecule has 1 amide bonds. The third kappa shape index (κ3) is 4.06. The smallest absolute Gasteiger partial charge is 0.229 e. The van der Waals surface area contributed by atoms with Gasteiger partial charge in [-0.25, -0.2) is 0 Å². The summed E-state index contributed by atoms with van der Waals surface area (Å²) in [5, 5.41) is 12.7. The van der Waals surface area contributed by atoms with E-state index in [1.807, 2.05) is 39.0 Å². The Bertz CT molecular complexity index is 1770. The summed E-state index contributed by atoms with van der Waals surface area (Å²) in [5.74, 6) is -0.0733. The highest BCUT2D eigenvalue weighted by Gasteiger charge is 2.21. The van der Waals surface area contributed by atoms with E-state index in [1.54, 1.807) is 31.1 Å². The fourth-order valence-electron chi connectivity index (χ4n) is 4.40. The molecular weight excluding hydrogens is 464 g/mol. The number of carbonyl (C=O) groups excluding carboxylic acids is 1. The van der Waals surface area contributed by atoms with Crippen molar-refractivity contribution >= 4 is 33.4 Å². The minimum atomic E-state index is -0.506. The second-order valence-electron chi connectivity index (χ2n) is 10.3. The summed E-state index contributed by atoms with van der Waals surface area (Å²) in [7, 11) is 0. The summed E-state index contributed by atoms with van der Waals surface area (Å²) < 4.78 is 5.32. The van der Waals surface area contributed by atoms with Gasteiger partial charge in [0.15, 0.2) is 0 Å². The van der Waals surface area contributed by atoms with Gasteiger partial charge >= 0.3 is 0 Å². The molecule has 0 spiro atoms. The van der Waals surface area contributed by atoms with Crippen LogP contribution in [-0.2, 0) is 4.79 Å². The van der Waals surface area contributed by atoms with Gasteiger partial charge in [-0.15, -0.1) is 0 Å². The number of fused-ring (bicyclic) bond motifs is 2.